The second kappa shape index (κ2) is 6.41. The van der Waals surface area contributed by atoms with E-state index in [0.717, 1.165) is 25.0 Å². The number of likely N-dealkylation sites (tertiary alicyclic amines) is 1. The van der Waals surface area contributed by atoms with E-state index < -0.39 is 0 Å². The topological polar surface area (TPSA) is 62.6 Å². The molecule has 104 valence electrons. The van der Waals surface area contributed by atoms with Gasteiger partial charge in [-0.2, -0.15) is 0 Å². The average molecular weight is 264 g/mol. The van der Waals surface area contributed by atoms with Gasteiger partial charge in [0.2, 0.25) is 11.8 Å². The van der Waals surface area contributed by atoms with E-state index in [0.29, 0.717) is 19.5 Å². The predicted octanol–water partition coefficient (Wildman–Crippen LogP) is 1.34. The van der Waals surface area contributed by atoms with E-state index in [1.165, 1.54) is 0 Å². The summed E-state index contributed by atoms with van der Waals surface area (Å²) in [5, 5.41) is 2.87. The number of furan rings is 1. The van der Waals surface area contributed by atoms with Crippen molar-refractivity contribution in [2.45, 2.75) is 38.6 Å². The first-order valence-electron chi connectivity index (χ1n) is 6.78. The van der Waals surface area contributed by atoms with Gasteiger partial charge in [0.05, 0.1) is 6.26 Å². The molecule has 0 aliphatic carbocycles. The lowest BCUT2D eigenvalue weighted by atomic mass is 10.2. The van der Waals surface area contributed by atoms with Crippen molar-refractivity contribution in [3.63, 3.8) is 0 Å². The van der Waals surface area contributed by atoms with E-state index in [4.69, 9.17) is 4.42 Å². The highest BCUT2D eigenvalue weighted by Gasteiger charge is 2.28. The molecule has 1 aromatic heterocycles. The van der Waals surface area contributed by atoms with Crippen molar-refractivity contribution in [2.75, 3.05) is 13.1 Å². The molecule has 1 atom stereocenters. The maximum Gasteiger partial charge on any atom is 0.242 e. The van der Waals surface area contributed by atoms with Gasteiger partial charge < -0.3 is 14.6 Å². The number of aryl methyl sites for hydroxylation is 1. The summed E-state index contributed by atoms with van der Waals surface area (Å²) in [6, 6.07) is 3.42. The number of nitrogens with zero attached hydrogens (tertiary/aromatic N) is 1. The predicted molar refractivity (Wildman–Crippen MR) is 70.4 cm³/mol. The summed E-state index contributed by atoms with van der Waals surface area (Å²) in [5.74, 6) is 0.935. The molecule has 1 saturated heterocycles. The van der Waals surface area contributed by atoms with Gasteiger partial charge in [-0.05, 0) is 31.9 Å². The third-order valence-electron chi connectivity index (χ3n) is 3.44. The summed E-state index contributed by atoms with van der Waals surface area (Å²) in [4.78, 5) is 25.1. The maximum atomic E-state index is 11.9. The van der Waals surface area contributed by atoms with Gasteiger partial charge in [-0.1, -0.05) is 0 Å². The van der Waals surface area contributed by atoms with Crippen LogP contribution in [0.5, 0.6) is 0 Å². The van der Waals surface area contributed by atoms with Crippen molar-refractivity contribution in [3.8, 4) is 0 Å². The largest absolute Gasteiger partial charge is 0.469 e. The fraction of sp³-hybridized carbons (Fsp3) is 0.571. The molecule has 0 saturated carbocycles. The minimum Gasteiger partial charge on any atom is -0.469 e. The molecule has 0 bridgehead atoms. The first-order chi connectivity index (χ1) is 9.18. The van der Waals surface area contributed by atoms with Crippen LogP contribution >= 0.6 is 0 Å². The van der Waals surface area contributed by atoms with Crippen LogP contribution < -0.4 is 5.32 Å². The highest BCUT2D eigenvalue weighted by Crippen LogP contribution is 2.13. The fourth-order valence-electron chi connectivity index (χ4n) is 2.30. The Bertz CT molecular complexity index is 428. The van der Waals surface area contributed by atoms with Gasteiger partial charge >= 0.3 is 0 Å². The van der Waals surface area contributed by atoms with Crippen LogP contribution in [-0.2, 0) is 16.0 Å². The number of nitrogens with one attached hydrogen (secondary N) is 1. The highest BCUT2D eigenvalue weighted by atomic mass is 16.3. The molecule has 5 nitrogen and oxygen atoms in total. The standard InChI is InChI=1S/C14H20N2O3/c1-11(16-9-3-7-13(16)17)14(18)15-8-2-5-12-6-4-10-19-12/h4,6,10-11H,2-3,5,7-9H2,1H3,(H,15,18)/t11-/m1/s1. The number of rotatable bonds is 6. The number of carbonyl (C=O) groups is 2. The molecular weight excluding hydrogens is 244 g/mol. The zero-order valence-electron chi connectivity index (χ0n) is 11.2. The van der Waals surface area contributed by atoms with Crippen molar-refractivity contribution in [2.24, 2.45) is 0 Å². The van der Waals surface area contributed by atoms with E-state index in [1.807, 2.05) is 12.1 Å². The smallest absolute Gasteiger partial charge is 0.242 e. The zero-order chi connectivity index (χ0) is 13.7. The molecule has 5 heteroatoms. The quantitative estimate of drug-likeness (QED) is 0.789. The summed E-state index contributed by atoms with van der Waals surface area (Å²) < 4.78 is 5.22. The van der Waals surface area contributed by atoms with Crippen LogP contribution in [0.15, 0.2) is 22.8 Å². The van der Waals surface area contributed by atoms with Crippen LogP contribution in [0.2, 0.25) is 0 Å². The molecular formula is C14H20N2O3. The molecule has 1 aromatic rings. The van der Waals surface area contributed by atoms with E-state index in [9.17, 15) is 9.59 Å². The summed E-state index contributed by atoms with van der Waals surface area (Å²) in [6.45, 7) is 3.08. The molecule has 1 aliphatic rings. The van der Waals surface area contributed by atoms with Crippen LogP contribution in [0.4, 0.5) is 0 Å². The second-order valence-corrected chi connectivity index (χ2v) is 4.84. The number of hydrogen-bond acceptors (Lipinski definition) is 3. The average Bonchev–Trinajstić information content (AvgIpc) is 3.04. The Hall–Kier alpha value is -1.78. The normalized spacial score (nSPS) is 16.7. The Balaban J connectivity index is 1.67. The number of hydrogen-bond donors (Lipinski definition) is 1. The maximum absolute atomic E-state index is 11.9. The Labute approximate surface area is 113 Å². The molecule has 0 radical (unpaired) electrons. The van der Waals surface area contributed by atoms with Gasteiger partial charge in [-0.25, -0.2) is 0 Å². The number of carbonyl (C=O) groups excluding carboxylic acids is 2. The monoisotopic (exact) mass is 264 g/mol. The lowest BCUT2D eigenvalue weighted by Crippen LogP contribution is -2.45. The van der Waals surface area contributed by atoms with Crippen molar-refractivity contribution >= 4 is 11.8 Å². The summed E-state index contributed by atoms with van der Waals surface area (Å²) >= 11 is 0. The lowest BCUT2D eigenvalue weighted by molar-refractivity contribution is -0.136. The van der Waals surface area contributed by atoms with Crippen molar-refractivity contribution in [3.05, 3.63) is 24.2 Å². The highest BCUT2D eigenvalue weighted by molar-refractivity contribution is 5.88. The first-order valence-corrected chi connectivity index (χ1v) is 6.78. The van der Waals surface area contributed by atoms with E-state index in [-0.39, 0.29) is 17.9 Å². The van der Waals surface area contributed by atoms with Gasteiger partial charge in [-0.3, -0.25) is 9.59 Å². The van der Waals surface area contributed by atoms with E-state index >= 15 is 0 Å². The van der Waals surface area contributed by atoms with Gasteiger partial charge in [0.1, 0.15) is 11.8 Å². The minimum absolute atomic E-state index is 0.0744. The summed E-state index contributed by atoms with van der Waals surface area (Å²) in [5.41, 5.74) is 0. The Morgan fingerprint density at radius 3 is 3.05 bits per heavy atom. The third-order valence-corrected chi connectivity index (χ3v) is 3.44. The van der Waals surface area contributed by atoms with Gasteiger partial charge in [0.25, 0.3) is 0 Å². The van der Waals surface area contributed by atoms with Gasteiger partial charge in [0.15, 0.2) is 0 Å². The Morgan fingerprint density at radius 2 is 2.42 bits per heavy atom. The molecule has 2 rings (SSSR count). The molecule has 1 N–H and O–H groups in total. The molecule has 2 amide bonds. The van der Waals surface area contributed by atoms with E-state index in [2.05, 4.69) is 5.32 Å². The SMILES string of the molecule is C[C@H](C(=O)NCCCc1ccco1)N1CCCC1=O. The third kappa shape index (κ3) is 3.59. The first kappa shape index (κ1) is 13.6. The fourth-order valence-corrected chi connectivity index (χ4v) is 2.30. The van der Waals surface area contributed by atoms with Gasteiger partial charge in [0, 0.05) is 25.9 Å². The van der Waals surface area contributed by atoms with E-state index in [1.54, 1.807) is 18.1 Å². The van der Waals surface area contributed by atoms with Crippen LogP contribution in [0.3, 0.4) is 0 Å². The Morgan fingerprint density at radius 1 is 1.58 bits per heavy atom. The number of amides is 2. The molecule has 19 heavy (non-hydrogen) atoms. The van der Waals surface area contributed by atoms with Crippen LogP contribution in [0.1, 0.15) is 31.9 Å². The summed E-state index contributed by atoms with van der Waals surface area (Å²) in [6.07, 6.45) is 4.71. The summed E-state index contributed by atoms with van der Waals surface area (Å²) in [7, 11) is 0. The van der Waals surface area contributed by atoms with Gasteiger partial charge in [-0.15, -0.1) is 0 Å². The molecule has 1 aliphatic heterocycles. The molecule has 0 aromatic carbocycles. The van der Waals surface area contributed by atoms with Crippen molar-refractivity contribution in [1.29, 1.82) is 0 Å². The molecule has 0 spiro atoms. The van der Waals surface area contributed by atoms with Crippen molar-refractivity contribution < 1.29 is 14.0 Å². The molecule has 2 heterocycles. The Kier molecular flexibility index (Phi) is 4.60. The van der Waals surface area contributed by atoms with Crippen molar-refractivity contribution in [1.82, 2.24) is 10.2 Å². The molecule has 1 fully saturated rings. The molecule has 0 unspecified atom stereocenters. The lowest BCUT2D eigenvalue weighted by Gasteiger charge is -2.23. The van der Waals surface area contributed by atoms with Crippen LogP contribution in [0.25, 0.3) is 0 Å². The minimum atomic E-state index is -0.362. The zero-order valence-corrected chi connectivity index (χ0v) is 11.2. The van der Waals surface area contributed by atoms with Crippen LogP contribution in [-0.4, -0.2) is 35.8 Å². The second-order valence-electron chi connectivity index (χ2n) is 4.84. The van der Waals surface area contributed by atoms with Crippen LogP contribution in [0, 0.1) is 0 Å².